The van der Waals surface area contributed by atoms with Gasteiger partial charge in [0.1, 0.15) is 5.82 Å². The minimum atomic E-state index is -0.547. The van der Waals surface area contributed by atoms with Crippen molar-refractivity contribution in [3.8, 4) is 5.69 Å². The van der Waals surface area contributed by atoms with Crippen LogP contribution in [0.25, 0.3) is 16.9 Å². The van der Waals surface area contributed by atoms with E-state index >= 15 is 0 Å². The van der Waals surface area contributed by atoms with Crippen molar-refractivity contribution in [1.82, 2.24) is 18.7 Å². The molecule has 170 valence electrons. The number of benzene rings is 2. The van der Waals surface area contributed by atoms with E-state index in [0.717, 1.165) is 18.4 Å². The Hall–Kier alpha value is -2.94. The second-order valence-corrected chi connectivity index (χ2v) is 8.75. The maximum absolute atomic E-state index is 13.5. The van der Waals surface area contributed by atoms with Gasteiger partial charge in [0.25, 0.3) is 5.56 Å². The number of hydrogen-bond acceptors (Lipinski definition) is 4. The molecule has 4 aromatic rings. The number of halogens is 3. The first-order valence-corrected chi connectivity index (χ1v) is 11.2. The van der Waals surface area contributed by atoms with Crippen molar-refractivity contribution in [1.29, 1.82) is 0 Å². The first kappa shape index (κ1) is 21.9. The van der Waals surface area contributed by atoms with Crippen LogP contribution in [0.2, 0.25) is 10.0 Å². The molecule has 0 bridgehead atoms. The first-order valence-electron chi connectivity index (χ1n) is 10.4. The topological polar surface area (TPSA) is 71.0 Å². The van der Waals surface area contributed by atoms with Crippen molar-refractivity contribution in [2.75, 3.05) is 6.61 Å². The van der Waals surface area contributed by atoms with Crippen LogP contribution in [-0.2, 0) is 17.8 Å². The summed E-state index contributed by atoms with van der Waals surface area (Å²) in [6.45, 7) is 1.03. The van der Waals surface area contributed by atoms with Gasteiger partial charge in [-0.25, -0.2) is 18.7 Å². The Morgan fingerprint density at radius 3 is 2.58 bits per heavy atom. The number of ether oxygens (including phenoxy) is 1. The Morgan fingerprint density at radius 2 is 1.88 bits per heavy atom. The third kappa shape index (κ3) is 4.10. The van der Waals surface area contributed by atoms with Crippen molar-refractivity contribution >= 4 is 34.4 Å². The van der Waals surface area contributed by atoms with Crippen LogP contribution >= 0.6 is 23.2 Å². The summed E-state index contributed by atoms with van der Waals surface area (Å²) in [5, 5.41) is 0.831. The lowest BCUT2D eigenvalue weighted by atomic mass is 10.2. The third-order valence-corrected chi connectivity index (χ3v) is 6.47. The number of fused-ring (bicyclic) bond motifs is 1. The Morgan fingerprint density at radius 1 is 1.09 bits per heavy atom. The molecule has 2 aromatic carbocycles. The molecule has 1 aliphatic heterocycles. The van der Waals surface area contributed by atoms with Crippen LogP contribution in [0, 0.1) is 5.82 Å². The highest BCUT2D eigenvalue weighted by Gasteiger charge is 2.23. The van der Waals surface area contributed by atoms with Crippen molar-refractivity contribution in [2.24, 2.45) is 0 Å². The van der Waals surface area contributed by atoms with Gasteiger partial charge in [-0.2, -0.15) is 0 Å². The van der Waals surface area contributed by atoms with Gasteiger partial charge in [-0.05, 0) is 54.8 Å². The van der Waals surface area contributed by atoms with Gasteiger partial charge >= 0.3 is 5.69 Å². The Kier molecular flexibility index (Phi) is 5.82. The van der Waals surface area contributed by atoms with E-state index in [4.69, 9.17) is 27.9 Å². The molecule has 0 spiro atoms. The highest BCUT2D eigenvalue weighted by Crippen LogP contribution is 2.24. The quantitative estimate of drug-likeness (QED) is 0.425. The number of aromatic nitrogens is 4. The van der Waals surface area contributed by atoms with Gasteiger partial charge in [-0.1, -0.05) is 29.3 Å². The second-order valence-electron chi connectivity index (χ2n) is 7.94. The molecule has 33 heavy (non-hydrogen) atoms. The highest BCUT2D eigenvalue weighted by atomic mass is 35.5. The van der Waals surface area contributed by atoms with E-state index < -0.39 is 17.1 Å². The molecule has 3 heterocycles. The lowest BCUT2D eigenvalue weighted by molar-refractivity contribution is 0.0950. The van der Waals surface area contributed by atoms with Crippen LogP contribution in [0.5, 0.6) is 0 Å². The van der Waals surface area contributed by atoms with Crippen molar-refractivity contribution < 1.29 is 9.13 Å². The summed E-state index contributed by atoms with van der Waals surface area (Å²) in [6, 6.07) is 10.7. The van der Waals surface area contributed by atoms with Gasteiger partial charge in [-0.3, -0.25) is 9.36 Å². The molecule has 2 aromatic heterocycles. The average Bonchev–Trinajstić information content (AvgIpc) is 3.45. The summed E-state index contributed by atoms with van der Waals surface area (Å²) in [4.78, 5) is 31.3. The third-order valence-electron chi connectivity index (χ3n) is 5.73. The lowest BCUT2D eigenvalue weighted by Gasteiger charge is -2.15. The van der Waals surface area contributed by atoms with E-state index in [1.807, 2.05) is 0 Å². The fraction of sp³-hybridized carbons (Fsp3) is 0.261. The molecule has 1 fully saturated rings. The Labute approximate surface area is 197 Å². The minimum absolute atomic E-state index is 0.132. The second kappa shape index (κ2) is 8.78. The molecule has 0 N–H and O–H groups in total. The Bertz CT molecular complexity index is 1450. The molecular weight excluding hydrogens is 470 g/mol. The van der Waals surface area contributed by atoms with Gasteiger partial charge in [0, 0.05) is 13.2 Å². The normalized spacial score (nSPS) is 16.0. The van der Waals surface area contributed by atoms with Crippen molar-refractivity contribution in [3.05, 3.63) is 91.1 Å². The van der Waals surface area contributed by atoms with E-state index in [0.29, 0.717) is 28.9 Å². The van der Waals surface area contributed by atoms with Crippen LogP contribution in [-0.4, -0.2) is 31.4 Å². The number of hydrogen-bond donors (Lipinski definition) is 0. The fourth-order valence-corrected chi connectivity index (χ4v) is 4.43. The maximum Gasteiger partial charge on any atom is 0.337 e. The molecule has 1 atom stereocenters. The van der Waals surface area contributed by atoms with E-state index in [1.165, 1.54) is 39.7 Å². The number of imidazole rings is 1. The highest BCUT2D eigenvalue weighted by molar-refractivity contribution is 6.42. The Balaban J connectivity index is 1.71. The summed E-state index contributed by atoms with van der Waals surface area (Å²) in [6.07, 6.45) is 2.93. The SMILES string of the molecule is O=c1c2c(ncn2Cc2ccc(Cl)c(Cl)c2)n(-c2ccc(F)cc2)c(=O)n1CC1CCCO1. The zero-order valence-electron chi connectivity index (χ0n) is 17.4. The predicted molar refractivity (Wildman–Crippen MR) is 124 cm³/mol. The average molecular weight is 489 g/mol. The molecule has 5 rings (SSSR count). The summed E-state index contributed by atoms with van der Waals surface area (Å²) in [5.41, 5.74) is 0.666. The molecule has 1 saturated heterocycles. The van der Waals surface area contributed by atoms with E-state index in [1.54, 1.807) is 22.8 Å². The summed E-state index contributed by atoms with van der Waals surface area (Å²) in [5.74, 6) is -0.430. The summed E-state index contributed by atoms with van der Waals surface area (Å²) >= 11 is 12.2. The molecule has 1 aliphatic rings. The zero-order chi connectivity index (χ0) is 23.1. The van der Waals surface area contributed by atoms with Gasteiger partial charge in [0.15, 0.2) is 11.2 Å². The van der Waals surface area contributed by atoms with Crippen LogP contribution in [0.3, 0.4) is 0 Å². The molecule has 10 heteroatoms. The molecule has 0 radical (unpaired) electrons. The predicted octanol–water partition coefficient (Wildman–Crippen LogP) is 4.02. The van der Waals surface area contributed by atoms with E-state index in [-0.39, 0.29) is 23.8 Å². The van der Waals surface area contributed by atoms with Crippen molar-refractivity contribution in [3.63, 3.8) is 0 Å². The van der Waals surface area contributed by atoms with Crippen LogP contribution < -0.4 is 11.2 Å². The maximum atomic E-state index is 13.5. The standard InChI is InChI=1S/C23H19Cl2FN4O3/c24-18-8-3-14(10-19(18)25)11-28-13-27-21-20(28)22(31)29(12-17-2-1-9-33-17)23(32)30(21)16-6-4-15(26)5-7-16/h3-8,10,13,17H,1-2,9,11-12H2. The number of rotatable bonds is 5. The van der Waals surface area contributed by atoms with Gasteiger partial charge in [-0.15, -0.1) is 0 Å². The monoisotopic (exact) mass is 488 g/mol. The molecule has 0 amide bonds. The number of nitrogens with zero attached hydrogens (tertiary/aromatic N) is 4. The van der Waals surface area contributed by atoms with Crippen LogP contribution in [0.4, 0.5) is 4.39 Å². The van der Waals surface area contributed by atoms with Gasteiger partial charge in [0.2, 0.25) is 0 Å². The van der Waals surface area contributed by atoms with E-state index in [9.17, 15) is 14.0 Å². The summed E-state index contributed by atoms with van der Waals surface area (Å²) < 4.78 is 23.4. The van der Waals surface area contributed by atoms with Crippen LogP contribution in [0.1, 0.15) is 18.4 Å². The molecule has 0 aliphatic carbocycles. The minimum Gasteiger partial charge on any atom is -0.376 e. The smallest absolute Gasteiger partial charge is 0.337 e. The first-order chi connectivity index (χ1) is 15.9. The van der Waals surface area contributed by atoms with Crippen LogP contribution in [0.15, 0.2) is 58.4 Å². The largest absolute Gasteiger partial charge is 0.376 e. The molecular formula is C23H19Cl2FN4O3. The molecule has 0 saturated carbocycles. The lowest BCUT2D eigenvalue weighted by Crippen LogP contribution is -2.42. The zero-order valence-corrected chi connectivity index (χ0v) is 18.9. The van der Waals surface area contributed by atoms with E-state index in [2.05, 4.69) is 4.98 Å². The summed E-state index contributed by atoms with van der Waals surface area (Å²) in [7, 11) is 0. The molecule has 7 nitrogen and oxygen atoms in total. The van der Waals surface area contributed by atoms with Gasteiger partial charge in [0.05, 0.1) is 34.7 Å². The fourth-order valence-electron chi connectivity index (χ4n) is 4.11. The van der Waals surface area contributed by atoms with Gasteiger partial charge < -0.3 is 9.30 Å². The molecule has 1 unspecified atom stereocenters. The van der Waals surface area contributed by atoms with Crippen molar-refractivity contribution in [2.45, 2.75) is 32.0 Å².